The molecule has 0 aliphatic carbocycles. The second-order valence-corrected chi connectivity index (χ2v) is 1.14. The summed E-state index contributed by atoms with van der Waals surface area (Å²) < 4.78 is 0. The molecule has 53 valence electrons. The minimum atomic E-state index is -0.449. The fourth-order valence-corrected chi connectivity index (χ4v) is 0.226. The molecular weight excluding hydrogens is 300 g/mol. The molecule has 0 saturated carbocycles. The summed E-state index contributed by atoms with van der Waals surface area (Å²) in [5.74, 6) is -0.449. The molecule has 0 aliphatic rings. The van der Waals surface area contributed by atoms with Crippen LogP contribution in [0.25, 0.3) is 0 Å². The maximum absolute atomic E-state index is 10.1. The molecule has 9 heavy (non-hydrogen) atoms. The van der Waals surface area contributed by atoms with Crippen molar-refractivity contribution < 1.29 is 34.5 Å². The van der Waals surface area contributed by atoms with Gasteiger partial charge in [-0.05, 0) is 6.29 Å². The van der Waals surface area contributed by atoms with Crippen LogP contribution < -0.4 is 0 Å². The summed E-state index contributed by atoms with van der Waals surface area (Å²) in [4.78, 5) is 29.2. The zero-order chi connectivity index (χ0) is 6.41. The van der Waals surface area contributed by atoms with E-state index in [-0.39, 0.29) is 26.5 Å². The molecule has 0 aromatic heterocycles. The third-order valence-electron chi connectivity index (χ3n) is 0.538. The van der Waals surface area contributed by atoms with Gasteiger partial charge in [-0.15, -0.1) is 0 Å². The molecule has 0 spiro atoms. The zero-order valence-electron chi connectivity index (χ0n) is 4.50. The average Bonchev–Trinajstić information content (AvgIpc) is 1.68. The van der Waals surface area contributed by atoms with E-state index in [0.717, 1.165) is 6.42 Å². The van der Waals surface area contributed by atoms with Gasteiger partial charge in [-0.3, -0.25) is 6.42 Å². The Morgan fingerprint density at radius 1 is 1.44 bits per heavy atom. The summed E-state index contributed by atoms with van der Waals surface area (Å²) in [5.41, 5.74) is 0. The Bertz CT molecular complexity index is 98.8. The molecule has 4 heteroatoms. The van der Waals surface area contributed by atoms with Gasteiger partial charge in [-0.2, -0.15) is 0 Å². The molecule has 0 rings (SSSR count). The van der Waals surface area contributed by atoms with Crippen molar-refractivity contribution in [2.75, 3.05) is 0 Å². The first-order valence-corrected chi connectivity index (χ1v) is 2.06. The van der Waals surface area contributed by atoms with E-state index in [9.17, 15) is 14.4 Å². The van der Waals surface area contributed by atoms with Crippen molar-refractivity contribution in [3.8, 4) is 0 Å². The third kappa shape index (κ3) is 7.53. The van der Waals surface area contributed by atoms with Gasteiger partial charge in [0.05, 0.1) is 0 Å². The molecule has 0 amide bonds. The number of Topliss-reactive ketones (excluding diaryl/α,β-unsaturated/α-hetero) is 1. The van der Waals surface area contributed by atoms with Gasteiger partial charge in [-0.1, -0.05) is 0 Å². The quantitative estimate of drug-likeness (QED) is 0.401. The van der Waals surface area contributed by atoms with Crippen molar-refractivity contribution in [1.82, 2.24) is 0 Å². The molecule has 0 fully saturated rings. The molecule has 1 radical (unpaired) electrons. The predicted molar refractivity (Wildman–Crippen MR) is 26.1 cm³/mol. The molecule has 0 unspecified atom stereocenters. The maximum atomic E-state index is 10.1. The maximum Gasteiger partial charge on any atom is 0.124 e. The summed E-state index contributed by atoms with van der Waals surface area (Å²) in [6, 6.07) is 0. The number of hydrogen-bond donors (Lipinski definition) is 0. The van der Waals surface area contributed by atoms with Crippen LogP contribution in [0.1, 0.15) is 6.42 Å². The van der Waals surface area contributed by atoms with Crippen molar-refractivity contribution in [3.05, 3.63) is 6.42 Å². The van der Waals surface area contributed by atoms with Gasteiger partial charge < -0.3 is 14.4 Å². The Hall–Kier alpha value is -0.471. The van der Waals surface area contributed by atoms with E-state index in [0.29, 0.717) is 12.6 Å². The van der Waals surface area contributed by atoms with E-state index in [2.05, 4.69) is 0 Å². The Morgan fingerprint density at radius 3 is 2.33 bits per heavy atom. The number of hydrogen-bond acceptors (Lipinski definition) is 3. The van der Waals surface area contributed by atoms with Crippen molar-refractivity contribution in [2.45, 2.75) is 6.42 Å². The smallest absolute Gasteiger partial charge is 0.124 e. The third-order valence-corrected chi connectivity index (χ3v) is 0.538. The molecule has 0 N–H and O–H groups in total. The summed E-state index contributed by atoms with van der Waals surface area (Å²) in [7, 11) is 0. The normalized spacial score (nSPS) is 6.67. The van der Waals surface area contributed by atoms with Gasteiger partial charge in [0.2, 0.25) is 0 Å². The topological polar surface area (TPSA) is 51.2 Å². The average molecular weight is 305 g/mol. The van der Waals surface area contributed by atoms with E-state index in [1.165, 1.54) is 0 Å². The summed E-state index contributed by atoms with van der Waals surface area (Å²) >= 11 is 0. The molecule has 0 aliphatic heterocycles. The Balaban J connectivity index is 0. The molecule has 0 aromatic rings. The molecular formula is C5H5IrO3-. The van der Waals surface area contributed by atoms with Crippen molar-refractivity contribution in [1.29, 1.82) is 0 Å². The molecule has 0 saturated heterocycles. The van der Waals surface area contributed by atoms with E-state index in [1.54, 1.807) is 0 Å². The van der Waals surface area contributed by atoms with Crippen LogP contribution in [0, 0.1) is 6.42 Å². The van der Waals surface area contributed by atoms with Crippen LogP contribution >= 0.6 is 0 Å². The number of carbonyl (C=O) groups excluding carboxylic acids is 3. The van der Waals surface area contributed by atoms with E-state index in [4.69, 9.17) is 0 Å². The van der Waals surface area contributed by atoms with Gasteiger partial charge in [0, 0.05) is 32.3 Å². The number of rotatable bonds is 4. The first-order valence-electron chi connectivity index (χ1n) is 2.06. The van der Waals surface area contributed by atoms with Crippen LogP contribution in [0.15, 0.2) is 0 Å². The number of ketones is 1. The SMILES string of the molecule is O=C[CH-]C(=O)CC=O.[Ir]. The molecule has 0 heterocycles. The summed E-state index contributed by atoms with van der Waals surface area (Å²) in [6.07, 6.45) is 1.46. The van der Waals surface area contributed by atoms with E-state index >= 15 is 0 Å². The molecule has 0 atom stereocenters. The predicted octanol–water partition coefficient (Wildman–Crippen LogP) is -0.455. The minimum absolute atomic E-state index is 0. The van der Waals surface area contributed by atoms with Crippen molar-refractivity contribution in [2.24, 2.45) is 0 Å². The zero-order valence-corrected chi connectivity index (χ0v) is 6.89. The van der Waals surface area contributed by atoms with Gasteiger partial charge in [-0.25, -0.2) is 0 Å². The van der Waals surface area contributed by atoms with Crippen LogP contribution in [0.5, 0.6) is 0 Å². The fraction of sp³-hybridized carbons (Fsp3) is 0.200. The van der Waals surface area contributed by atoms with E-state index < -0.39 is 5.78 Å². The van der Waals surface area contributed by atoms with Crippen LogP contribution in [-0.4, -0.2) is 18.4 Å². The summed E-state index contributed by atoms with van der Waals surface area (Å²) in [5, 5.41) is 0. The van der Waals surface area contributed by atoms with Gasteiger partial charge >= 0.3 is 0 Å². The molecule has 0 bridgehead atoms. The molecule has 0 aromatic carbocycles. The van der Waals surface area contributed by atoms with Gasteiger partial charge in [0.1, 0.15) is 6.29 Å². The first-order chi connectivity index (χ1) is 3.81. The van der Waals surface area contributed by atoms with Crippen molar-refractivity contribution in [3.63, 3.8) is 0 Å². The minimum Gasteiger partial charge on any atom is -0.338 e. The van der Waals surface area contributed by atoms with Gasteiger partial charge in [0.15, 0.2) is 0 Å². The Morgan fingerprint density at radius 2 is 2.00 bits per heavy atom. The first kappa shape index (κ1) is 11.3. The Kier molecular flexibility index (Phi) is 9.49. The van der Waals surface area contributed by atoms with Crippen molar-refractivity contribution >= 4 is 18.4 Å². The number of aldehydes is 2. The second-order valence-electron chi connectivity index (χ2n) is 1.14. The largest absolute Gasteiger partial charge is 0.338 e. The van der Waals surface area contributed by atoms with Crippen LogP contribution in [-0.2, 0) is 34.5 Å². The summed E-state index contributed by atoms with van der Waals surface area (Å²) in [6.45, 7) is 0. The van der Waals surface area contributed by atoms with Crippen LogP contribution in [0.2, 0.25) is 0 Å². The monoisotopic (exact) mass is 306 g/mol. The van der Waals surface area contributed by atoms with Crippen LogP contribution in [0.3, 0.4) is 0 Å². The molecule has 3 nitrogen and oxygen atoms in total. The van der Waals surface area contributed by atoms with Gasteiger partial charge in [0.25, 0.3) is 0 Å². The Labute approximate surface area is 66.2 Å². The number of carbonyl (C=O) groups is 3. The van der Waals surface area contributed by atoms with Crippen LogP contribution in [0.4, 0.5) is 0 Å². The standard InChI is InChI=1S/C5H5O3.Ir/c6-3-1-5(8)2-4-7;/h1,3-4H,2H2;/q-1;. The second kappa shape index (κ2) is 7.53. The van der Waals surface area contributed by atoms with E-state index in [1.807, 2.05) is 0 Å². The fourth-order valence-electron chi connectivity index (χ4n) is 0.226.